The van der Waals surface area contributed by atoms with Gasteiger partial charge in [0.1, 0.15) is 5.75 Å². The number of hydrogen-bond donors (Lipinski definition) is 1. The fourth-order valence-electron chi connectivity index (χ4n) is 3.26. The third-order valence-corrected chi connectivity index (χ3v) is 4.54. The Bertz CT molecular complexity index is 431. The van der Waals surface area contributed by atoms with Gasteiger partial charge in [-0.2, -0.15) is 0 Å². The van der Waals surface area contributed by atoms with Crippen molar-refractivity contribution in [2.24, 2.45) is 5.92 Å². The van der Waals surface area contributed by atoms with Crippen molar-refractivity contribution in [2.75, 3.05) is 6.61 Å². The molecule has 1 aromatic carbocycles. The molecule has 0 saturated heterocycles. The molecule has 1 aliphatic heterocycles. The first kappa shape index (κ1) is 12.0. The Morgan fingerprint density at radius 1 is 1.28 bits per heavy atom. The van der Waals surface area contributed by atoms with Gasteiger partial charge in [0.2, 0.25) is 0 Å². The minimum absolute atomic E-state index is 0.658. The lowest BCUT2D eigenvalue weighted by atomic mass is 9.75. The van der Waals surface area contributed by atoms with E-state index in [0.717, 1.165) is 62.4 Å². The maximum atomic E-state index is 10.9. The van der Waals surface area contributed by atoms with Crippen molar-refractivity contribution < 1.29 is 9.84 Å². The Balaban J connectivity index is 1.96. The lowest BCUT2D eigenvalue weighted by molar-refractivity contribution is -0.0145. The van der Waals surface area contributed by atoms with Crippen molar-refractivity contribution in [3.63, 3.8) is 0 Å². The van der Waals surface area contributed by atoms with Gasteiger partial charge in [0, 0.05) is 5.56 Å². The molecule has 1 fully saturated rings. The fourth-order valence-corrected chi connectivity index (χ4v) is 3.26. The Morgan fingerprint density at radius 2 is 2.06 bits per heavy atom. The molecule has 1 N–H and O–H groups in total. The largest absolute Gasteiger partial charge is 0.493 e. The first-order chi connectivity index (χ1) is 8.69. The summed E-state index contributed by atoms with van der Waals surface area (Å²) in [5.74, 6) is 1.71. The van der Waals surface area contributed by atoms with E-state index in [2.05, 4.69) is 25.1 Å². The van der Waals surface area contributed by atoms with Crippen LogP contribution in [0.5, 0.6) is 5.75 Å². The SMILES string of the molecule is CC1CCC(O)(c2cccc3c2OCCC3)CC1. The first-order valence-electron chi connectivity index (χ1n) is 7.16. The van der Waals surface area contributed by atoms with Crippen LogP contribution in [-0.4, -0.2) is 11.7 Å². The van der Waals surface area contributed by atoms with Gasteiger partial charge in [0.05, 0.1) is 12.2 Å². The third kappa shape index (κ3) is 2.03. The van der Waals surface area contributed by atoms with E-state index in [-0.39, 0.29) is 0 Å². The van der Waals surface area contributed by atoms with E-state index in [1.807, 2.05) is 0 Å². The molecule has 18 heavy (non-hydrogen) atoms. The predicted molar refractivity (Wildman–Crippen MR) is 71.8 cm³/mol. The predicted octanol–water partition coefficient (Wildman–Crippen LogP) is 3.41. The van der Waals surface area contributed by atoms with Crippen LogP contribution in [0.3, 0.4) is 0 Å². The van der Waals surface area contributed by atoms with Gasteiger partial charge in [-0.05, 0) is 50.0 Å². The van der Waals surface area contributed by atoms with Gasteiger partial charge in [0.25, 0.3) is 0 Å². The van der Waals surface area contributed by atoms with Gasteiger partial charge in [-0.3, -0.25) is 0 Å². The summed E-state index contributed by atoms with van der Waals surface area (Å²) in [4.78, 5) is 0. The molecule has 1 heterocycles. The highest BCUT2D eigenvalue weighted by Crippen LogP contribution is 2.44. The number of hydrogen-bond acceptors (Lipinski definition) is 2. The molecule has 2 nitrogen and oxygen atoms in total. The molecule has 98 valence electrons. The normalized spacial score (nSPS) is 31.6. The van der Waals surface area contributed by atoms with Crippen LogP contribution in [0.2, 0.25) is 0 Å². The lowest BCUT2D eigenvalue weighted by Crippen LogP contribution is -2.32. The van der Waals surface area contributed by atoms with E-state index in [0.29, 0.717) is 0 Å². The quantitative estimate of drug-likeness (QED) is 0.823. The minimum Gasteiger partial charge on any atom is -0.493 e. The highest BCUT2D eigenvalue weighted by Gasteiger charge is 2.36. The van der Waals surface area contributed by atoms with E-state index in [9.17, 15) is 5.11 Å². The van der Waals surface area contributed by atoms with Crippen molar-refractivity contribution in [1.29, 1.82) is 0 Å². The second-order valence-electron chi connectivity index (χ2n) is 5.96. The Kier molecular flexibility index (Phi) is 3.06. The topological polar surface area (TPSA) is 29.5 Å². The summed E-state index contributed by atoms with van der Waals surface area (Å²) >= 11 is 0. The summed E-state index contributed by atoms with van der Waals surface area (Å²) in [5, 5.41) is 10.9. The van der Waals surface area contributed by atoms with Gasteiger partial charge in [-0.25, -0.2) is 0 Å². The van der Waals surface area contributed by atoms with E-state index >= 15 is 0 Å². The van der Waals surface area contributed by atoms with Crippen LogP contribution < -0.4 is 4.74 Å². The molecule has 3 rings (SSSR count). The molecule has 0 bridgehead atoms. The molecule has 2 heteroatoms. The van der Waals surface area contributed by atoms with Crippen LogP contribution in [0.15, 0.2) is 18.2 Å². The smallest absolute Gasteiger partial charge is 0.128 e. The van der Waals surface area contributed by atoms with Crippen LogP contribution >= 0.6 is 0 Å². The zero-order valence-electron chi connectivity index (χ0n) is 11.1. The highest BCUT2D eigenvalue weighted by molar-refractivity contribution is 5.46. The molecule has 1 aromatic rings. The Hall–Kier alpha value is -1.02. The van der Waals surface area contributed by atoms with Crippen LogP contribution in [0.1, 0.15) is 50.2 Å². The van der Waals surface area contributed by atoms with Crippen LogP contribution in [0, 0.1) is 5.92 Å². The molecular formula is C16H22O2. The molecule has 0 spiro atoms. The number of aliphatic hydroxyl groups is 1. The first-order valence-corrected chi connectivity index (χ1v) is 7.16. The van der Waals surface area contributed by atoms with Crippen LogP contribution in [0.25, 0.3) is 0 Å². The third-order valence-electron chi connectivity index (χ3n) is 4.54. The summed E-state index contributed by atoms with van der Waals surface area (Å²) in [6.45, 7) is 3.06. The molecule has 0 amide bonds. The van der Waals surface area contributed by atoms with E-state index in [1.165, 1.54) is 5.56 Å². The van der Waals surface area contributed by atoms with Gasteiger partial charge in [0.15, 0.2) is 0 Å². The number of ether oxygens (including phenoxy) is 1. The summed E-state index contributed by atoms with van der Waals surface area (Å²) in [6, 6.07) is 6.26. The molecule has 0 atom stereocenters. The van der Waals surface area contributed by atoms with Crippen molar-refractivity contribution in [2.45, 2.75) is 51.0 Å². The Labute approximate surface area is 109 Å². The van der Waals surface area contributed by atoms with Gasteiger partial charge < -0.3 is 9.84 Å². The van der Waals surface area contributed by atoms with Gasteiger partial charge >= 0.3 is 0 Å². The zero-order chi connectivity index (χ0) is 12.6. The standard InChI is InChI=1S/C16H22O2/c1-12-7-9-16(17,10-8-12)14-6-2-4-13-5-3-11-18-15(13)14/h2,4,6,12,17H,3,5,7-11H2,1H3. The molecule has 0 aromatic heterocycles. The summed E-state index contributed by atoms with van der Waals surface area (Å²) in [5.41, 5.74) is 1.65. The zero-order valence-corrected chi connectivity index (χ0v) is 11.1. The number of fused-ring (bicyclic) bond motifs is 1. The minimum atomic E-state index is -0.658. The average Bonchev–Trinajstić information content (AvgIpc) is 2.42. The van der Waals surface area contributed by atoms with Gasteiger partial charge in [-0.1, -0.05) is 25.1 Å². The molecule has 1 saturated carbocycles. The lowest BCUT2D eigenvalue weighted by Gasteiger charge is -2.37. The average molecular weight is 246 g/mol. The molecule has 2 aliphatic rings. The van der Waals surface area contributed by atoms with Gasteiger partial charge in [-0.15, -0.1) is 0 Å². The molecule has 0 radical (unpaired) electrons. The number of benzene rings is 1. The van der Waals surface area contributed by atoms with Crippen molar-refractivity contribution in [3.05, 3.63) is 29.3 Å². The molecule has 1 aliphatic carbocycles. The van der Waals surface area contributed by atoms with E-state index in [4.69, 9.17) is 4.74 Å². The highest BCUT2D eigenvalue weighted by atomic mass is 16.5. The second-order valence-corrected chi connectivity index (χ2v) is 5.96. The maximum absolute atomic E-state index is 10.9. The summed E-state index contributed by atoms with van der Waals surface area (Å²) in [6.07, 6.45) is 6.13. The van der Waals surface area contributed by atoms with Crippen LogP contribution in [-0.2, 0) is 12.0 Å². The number of para-hydroxylation sites is 1. The van der Waals surface area contributed by atoms with Crippen molar-refractivity contribution in [3.8, 4) is 5.75 Å². The Morgan fingerprint density at radius 3 is 2.83 bits per heavy atom. The van der Waals surface area contributed by atoms with Crippen molar-refractivity contribution in [1.82, 2.24) is 0 Å². The summed E-state index contributed by atoms with van der Waals surface area (Å²) < 4.78 is 5.84. The number of aryl methyl sites for hydroxylation is 1. The van der Waals surface area contributed by atoms with E-state index in [1.54, 1.807) is 0 Å². The maximum Gasteiger partial charge on any atom is 0.128 e. The van der Waals surface area contributed by atoms with Crippen molar-refractivity contribution >= 4 is 0 Å². The summed E-state index contributed by atoms with van der Waals surface area (Å²) in [7, 11) is 0. The molecule has 0 unspecified atom stereocenters. The second kappa shape index (κ2) is 4.58. The molecular weight excluding hydrogens is 224 g/mol. The van der Waals surface area contributed by atoms with E-state index < -0.39 is 5.60 Å². The number of rotatable bonds is 1. The monoisotopic (exact) mass is 246 g/mol. The fraction of sp³-hybridized carbons (Fsp3) is 0.625. The van der Waals surface area contributed by atoms with Crippen LogP contribution in [0.4, 0.5) is 0 Å².